The van der Waals surface area contributed by atoms with Gasteiger partial charge < -0.3 is 28.4 Å². The lowest BCUT2D eigenvalue weighted by Crippen LogP contribution is -2.45. The van der Waals surface area contributed by atoms with Gasteiger partial charge in [-0.1, -0.05) is 44.4 Å². The third kappa shape index (κ3) is 7.94. The molecule has 0 spiro atoms. The molecule has 8 nitrogen and oxygen atoms in total. The maximum Gasteiger partial charge on any atom is 0.254 e. The van der Waals surface area contributed by atoms with Gasteiger partial charge in [-0.2, -0.15) is 0 Å². The molecule has 2 aliphatic rings. The Hall–Kier alpha value is -3.78. The predicted molar refractivity (Wildman–Crippen MR) is 159 cm³/mol. The zero-order chi connectivity index (χ0) is 29.3. The summed E-state index contributed by atoms with van der Waals surface area (Å²) in [5.74, 6) is 2.50. The van der Waals surface area contributed by atoms with Crippen LogP contribution in [0.2, 0.25) is 0 Å². The lowest BCUT2D eigenvalue weighted by molar-refractivity contribution is -0.133. The van der Waals surface area contributed by atoms with E-state index < -0.39 is 0 Å². The largest absolute Gasteiger partial charge is 0.464 e. The number of hydrogen-bond donors (Lipinski definition) is 0. The molecule has 2 aromatic carbocycles. The first-order chi connectivity index (χ1) is 20.5. The Bertz CT molecular complexity index is 1330. The number of nitrogens with zero attached hydrogens (tertiary/aromatic N) is 2. The third-order valence-corrected chi connectivity index (χ3v) is 7.89. The number of unbranched alkanes of at least 4 members (excludes halogenated alkanes) is 3. The van der Waals surface area contributed by atoms with Gasteiger partial charge >= 0.3 is 0 Å². The van der Waals surface area contributed by atoms with Crippen molar-refractivity contribution in [3.8, 4) is 11.5 Å². The number of aryl methyl sites for hydroxylation is 2. The van der Waals surface area contributed by atoms with Crippen molar-refractivity contribution >= 4 is 11.8 Å². The van der Waals surface area contributed by atoms with Gasteiger partial charge in [0.1, 0.15) is 18.1 Å². The van der Waals surface area contributed by atoms with Crippen molar-refractivity contribution in [3.05, 3.63) is 82.8 Å². The molecular formula is C34H42N2O6. The number of rotatable bonds is 14. The number of carbonyl (C=O) groups is 2. The van der Waals surface area contributed by atoms with Gasteiger partial charge in [-0.15, -0.1) is 0 Å². The molecule has 0 radical (unpaired) electrons. The SMILES string of the molecule is CCCCCCc1ccc(C(=O)N(CC(=O)N(Cc2ccc3c(c2)OCO3)Cc2ccc(C)o2)C[C@@H]2CCCO2)cc1. The summed E-state index contributed by atoms with van der Waals surface area (Å²) < 4.78 is 22.7. The number of fused-ring (bicyclic) bond motifs is 1. The minimum Gasteiger partial charge on any atom is -0.464 e. The topological polar surface area (TPSA) is 81.5 Å². The molecule has 2 amide bonds. The molecule has 1 atom stereocenters. The summed E-state index contributed by atoms with van der Waals surface area (Å²) in [6, 6.07) is 17.3. The van der Waals surface area contributed by atoms with E-state index >= 15 is 0 Å². The van der Waals surface area contributed by atoms with E-state index in [1.165, 1.54) is 24.8 Å². The Kier molecular flexibility index (Phi) is 10.2. The number of benzene rings is 2. The zero-order valence-electron chi connectivity index (χ0n) is 24.8. The number of hydrogen-bond acceptors (Lipinski definition) is 6. The molecule has 3 aromatic rings. The van der Waals surface area contributed by atoms with Crippen LogP contribution >= 0.6 is 0 Å². The van der Waals surface area contributed by atoms with Crippen LogP contribution in [0.1, 0.15) is 78.5 Å². The Labute approximate surface area is 248 Å². The highest BCUT2D eigenvalue weighted by atomic mass is 16.7. The molecule has 0 aliphatic carbocycles. The quantitative estimate of drug-likeness (QED) is 0.211. The third-order valence-electron chi connectivity index (χ3n) is 7.89. The van der Waals surface area contributed by atoms with Crippen molar-refractivity contribution in [2.45, 2.75) is 78.0 Å². The summed E-state index contributed by atoms with van der Waals surface area (Å²) in [5, 5.41) is 0. The van der Waals surface area contributed by atoms with E-state index in [1.54, 1.807) is 9.80 Å². The van der Waals surface area contributed by atoms with Gasteiger partial charge in [-0.25, -0.2) is 0 Å². The van der Waals surface area contributed by atoms with Crippen LogP contribution < -0.4 is 9.47 Å². The number of ether oxygens (including phenoxy) is 3. The summed E-state index contributed by atoms with van der Waals surface area (Å²) in [7, 11) is 0. The number of furan rings is 1. The van der Waals surface area contributed by atoms with Crippen molar-refractivity contribution in [3.63, 3.8) is 0 Å². The molecule has 0 saturated carbocycles. The van der Waals surface area contributed by atoms with E-state index in [9.17, 15) is 9.59 Å². The van der Waals surface area contributed by atoms with Crippen LogP contribution in [0.3, 0.4) is 0 Å². The summed E-state index contributed by atoms with van der Waals surface area (Å²) in [6.07, 6.45) is 7.59. The van der Waals surface area contributed by atoms with Crippen molar-refractivity contribution in [1.29, 1.82) is 0 Å². The van der Waals surface area contributed by atoms with Gasteiger partial charge in [-0.3, -0.25) is 9.59 Å². The normalized spacial score (nSPS) is 15.6. The molecule has 224 valence electrons. The lowest BCUT2D eigenvalue weighted by Gasteiger charge is -2.29. The van der Waals surface area contributed by atoms with Crippen LogP contribution in [-0.2, 0) is 29.0 Å². The van der Waals surface area contributed by atoms with Crippen LogP contribution in [-0.4, -0.2) is 54.2 Å². The maximum atomic E-state index is 13.9. The fourth-order valence-electron chi connectivity index (χ4n) is 5.52. The van der Waals surface area contributed by atoms with Gasteiger partial charge in [-0.05, 0) is 80.1 Å². The van der Waals surface area contributed by atoms with Crippen molar-refractivity contribution in [2.24, 2.45) is 0 Å². The number of amides is 2. The second-order valence-electron chi connectivity index (χ2n) is 11.3. The molecule has 2 aliphatic heterocycles. The Morgan fingerprint density at radius 3 is 2.43 bits per heavy atom. The molecule has 5 rings (SSSR count). The molecule has 0 unspecified atom stereocenters. The Morgan fingerprint density at radius 1 is 0.881 bits per heavy atom. The monoisotopic (exact) mass is 574 g/mol. The van der Waals surface area contributed by atoms with Crippen LogP contribution in [0, 0.1) is 6.92 Å². The Morgan fingerprint density at radius 2 is 1.69 bits per heavy atom. The summed E-state index contributed by atoms with van der Waals surface area (Å²) in [6.45, 7) is 5.91. The fraction of sp³-hybridized carbons (Fsp3) is 0.471. The molecule has 1 aromatic heterocycles. The highest BCUT2D eigenvalue weighted by Gasteiger charge is 2.28. The van der Waals surface area contributed by atoms with E-state index in [0.29, 0.717) is 42.5 Å². The van der Waals surface area contributed by atoms with Crippen LogP contribution in [0.4, 0.5) is 0 Å². The second kappa shape index (κ2) is 14.4. The fourth-order valence-corrected chi connectivity index (χ4v) is 5.52. The van der Waals surface area contributed by atoms with Crippen molar-refractivity contribution in [2.75, 3.05) is 26.5 Å². The standard InChI is InChI=1S/C34H42N2O6/c1-3-4-5-6-8-26-11-14-28(15-12-26)34(38)36(21-29-9-7-18-39-29)23-33(37)35(22-30-16-10-25(2)42-30)20-27-13-17-31-32(19-27)41-24-40-31/h10-17,19,29H,3-9,18,20-24H2,1-2H3/t29-/m0/s1. The van der Waals surface area contributed by atoms with E-state index in [0.717, 1.165) is 37.0 Å². The molecule has 8 heteroatoms. The summed E-state index contributed by atoms with van der Waals surface area (Å²) in [5.41, 5.74) is 2.72. The van der Waals surface area contributed by atoms with Crippen LogP contribution in [0.15, 0.2) is 59.0 Å². The van der Waals surface area contributed by atoms with E-state index in [4.69, 9.17) is 18.6 Å². The predicted octanol–water partition coefficient (Wildman–Crippen LogP) is 6.29. The Balaban J connectivity index is 1.32. The van der Waals surface area contributed by atoms with Crippen molar-refractivity contribution < 1.29 is 28.2 Å². The molecule has 42 heavy (non-hydrogen) atoms. The van der Waals surface area contributed by atoms with Gasteiger partial charge in [0.2, 0.25) is 12.7 Å². The zero-order valence-corrected chi connectivity index (χ0v) is 24.8. The highest BCUT2D eigenvalue weighted by Crippen LogP contribution is 2.33. The summed E-state index contributed by atoms with van der Waals surface area (Å²) in [4.78, 5) is 31.1. The number of carbonyl (C=O) groups excluding carboxylic acids is 2. The molecule has 0 bridgehead atoms. The average molecular weight is 575 g/mol. The molecule has 3 heterocycles. The van der Waals surface area contributed by atoms with E-state index in [2.05, 4.69) is 6.92 Å². The first-order valence-electron chi connectivity index (χ1n) is 15.2. The van der Waals surface area contributed by atoms with Crippen molar-refractivity contribution in [1.82, 2.24) is 9.80 Å². The van der Waals surface area contributed by atoms with Crippen LogP contribution in [0.5, 0.6) is 11.5 Å². The molecular weight excluding hydrogens is 532 g/mol. The van der Waals surface area contributed by atoms with Gasteiger partial charge in [0.05, 0.1) is 12.6 Å². The molecule has 1 saturated heterocycles. The molecule has 0 N–H and O–H groups in total. The van der Waals surface area contributed by atoms with E-state index in [-0.39, 0.29) is 37.8 Å². The summed E-state index contributed by atoms with van der Waals surface area (Å²) >= 11 is 0. The second-order valence-corrected chi connectivity index (χ2v) is 11.3. The minimum atomic E-state index is -0.166. The smallest absolute Gasteiger partial charge is 0.254 e. The van der Waals surface area contributed by atoms with Gasteiger partial charge in [0.15, 0.2) is 11.5 Å². The highest BCUT2D eigenvalue weighted by molar-refractivity contribution is 5.96. The first-order valence-corrected chi connectivity index (χ1v) is 15.2. The first kappa shape index (κ1) is 29.7. The minimum absolute atomic E-state index is 0.0539. The maximum absolute atomic E-state index is 13.9. The van der Waals surface area contributed by atoms with Crippen LogP contribution in [0.25, 0.3) is 0 Å². The average Bonchev–Trinajstić information content (AvgIpc) is 3.77. The van der Waals surface area contributed by atoms with E-state index in [1.807, 2.05) is 61.5 Å². The van der Waals surface area contributed by atoms with Gasteiger partial charge in [0.25, 0.3) is 5.91 Å². The molecule has 1 fully saturated rings. The van der Waals surface area contributed by atoms with Gasteiger partial charge in [0, 0.05) is 25.3 Å². The lowest BCUT2D eigenvalue weighted by atomic mass is 10.0.